The minimum absolute atomic E-state index is 0.561. The summed E-state index contributed by atoms with van der Waals surface area (Å²) in [4.78, 5) is 8.98. The Labute approximate surface area is 104 Å². The molecule has 2 aliphatic rings. The van der Waals surface area contributed by atoms with Crippen molar-refractivity contribution < 1.29 is 4.74 Å². The number of rotatable bonds is 2. The van der Waals surface area contributed by atoms with Gasteiger partial charge in [-0.3, -0.25) is 0 Å². The molecular formula is C12H15BrN2O. The molecular weight excluding hydrogens is 268 g/mol. The molecule has 1 aliphatic carbocycles. The average Bonchev–Trinajstić information content (AvgIpc) is 3.13. The van der Waals surface area contributed by atoms with Gasteiger partial charge in [0.25, 0.3) is 0 Å². The molecule has 86 valence electrons. The Morgan fingerprint density at radius 1 is 1.00 bits per heavy atom. The fourth-order valence-corrected chi connectivity index (χ4v) is 2.65. The maximum Gasteiger partial charge on any atom is 0.197 e. The second-order valence-electron chi connectivity index (χ2n) is 4.65. The van der Waals surface area contributed by atoms with Gasteiger partial charge in [0.15, 0.2) is 4.73 Å². The van der Waals surface area contributed by atoms with Crippen LogP contribution in [0.3, 0.4) is 0 Å². The zero-order valence-electron chi connectivity index (χ0n) is 9.16. The first-order chi connectivity index (χ1) is 7.83. The van der Waals surface area contributed by atoms with E-state index in [1.165, 1.54) is 24.2 Å². The summed E-state index contributed by atoms with van der Waals surface area (Å²) in [5, 5.41) is 0. The molecule has 0 unspecified atom stereocenters. The normalized spacial score (nSPS) is 22.3. The van der Waals surface area contributed by atoms with Gasteiger partial charge in [-0.15, -0.1) is 0 Å². The zero-order valence-corrected chi connectivity index (χ0v) is 10.7. The smallest absolute Gasteiger partial charge is 0.197 e. The summed E-state index contributed by atoms with van der Waals surface area (Å²) in [6.07, 6.45) is 4.76. The number of nitrogens with zero attached hydrogens (tertiary/aromatic N) is 2. The van der Waals surface area contributed by atoms with Crippen molar-refractivity contribution in [2.75, 3.05) is 13.2 Å². The molecule has 1 saturated carbocycles. The molecule has 1 aromatic rings. The number of halogens is 1. The summed E-state index contributed by atoms with van der Waals surface area (Å²) in [7, 11) is 0. The summed E-state index contributed by atoms with van der Waals surface area (Å²) in [5.74, 6) is 1.25. The summed E-state index contributed by atoms with van der Waals surface area (Å²) in [6.45, 7) is 1.73. The quantitative estimate of drug-likeness (QED) is 0.783. The van der Waals surface area contributed by atoms with Crippen LogP contribution >= 0.6 is 15.9 Å². The van der Waals surface area contributed by atoms with Crippen molar-refractivity contribution in [3.8, 4) is 0 Å². The summed E-state index contributed by atoms with van der Waals surface area (Å²) < 4.78 is 6.13. The third kappa shape index (κ3) is 2.28. The van der Waals surface area contributed by atoms with E-state index in [0.717, 1.165) is 30.8 Å². The number of ether oxygens (including phenoxy) is 1. The Kier molecular flexibility index (Phi) is 2.94. The van der Waals surface area contributed by atoms with Crippen molar-refractivity contribution in [1.29, 1.82) is 0 Å². The molecule has 3 rings (SSSR count). The Morgan fingerprint density at radius 3 is 2.12 bits per heavy atom. The number of hydrogen-bond donors (Lipinski definition) is 0. The molecule has 2 fully saturated rings. The maximum absolute atomic E-state index is 5.39. The average molecular weight is 283 g/mol. The van der Waals surface area contributed by atoms with E-state index in [9.17, 15) is 0 Å². The third-order valence-corrected chi connectivity index (χ3v) is 3.73. The highest BCUT2D eigenvalue weighted by Crippen LogP contribution is 2.40. The lowest BCUT2D eigenvalue weighted by Crippen LogP contribution is -2.15. The lowest BCUT2D eigenvalue weighted by atomic mass is 9.95. The fraction of sp³-hybridized carbons (Fsp3) is 0.667. The molecule has 0 bridgehead atoms. The van der Waals surface area contributed by atoms with E-state index < -0.39 is 0 Å². The third-order valence-electron chi connectivity index (χ3n) is 3.37. The maximum atomic E-state index is 5.39. The molecule has 0 amide bonds. The van der Waals surface area contributed by atoms with Crippen molar-refractivity contribution in [2.24, 2.45) is 0 Å². The first-order valence-electron chi connectivity index (χ1n) is 5.95. The van der Waals surface area contributed by atoms with Crippen molar-refractivity contribution in [2.45, 2.75) is 37.5 Å². The summed E-state index contributed by atoms with van der Waals surface area (Å²) in [6, 6.07) is 2.21. The van der Waals surface area contributed by atoms with E-state index in [1.807, 2.05) is 0 Å². The van der Waals surface area contributed by atoms with Crippen molar-refractivity contribution >= 4 is 15.9 Å². The van der Waals surface area contributed by atoms with E-state index in [2.05, 4.69) is 32.0 Å². The van der Waals surface area contributed by atoms with Crippen LogP contribution in [0.5, 0.6) is 0 Å². The van der Waals surface area contributed by atoms with Crippen LogP contribution in [0.25, 0.3) is 0 Å². The van der Waals surface area contributed by atoms with Gasteiger partial charge in [-0.2, -0.15) is 0 Å². The van der Waals surface area contributed by atoms with Gasteiger partial charge in [-0.25, -0.2) is 9.97 Å². The molecule has 3 nitrogen and oxygen atoms in total. The van der Waals surface area contributed by atoms with Gasteiger partial charge < -0.3 is 4.74 Å². The van der Waals surface area contributed by atoms with E-state index in [4.69, 9.17) is 4.74 Å². The predicted octanol–water partition coefficient (Wildman–Crippen LogP) is 3.01. The minimum Gasteiger partial charge on any atom is -0.381 e. The highest BCUT2D eigenvalue weighted by atomic mass is 79.9. The lowest BCUT2D eigenvalue weighted by Gasteiger charge is -2.21. The van der Waals surface area contributed by atoms with Gasteiger partial charge in [0, 0.05) is 36.4 Å². The molecule has 0 spiro atoms. The molecule has 0 atom stereocenters. The van der Waals surface area contributed by atoms with E-state index in [0.29, 0.717) is 11.8 Å². The molecule has 2 heterocycles. The molecule has 0 radical (unpaired) electrons. The largest absolute Gasteiger partial charge is 0.381 e. The molecule has 16 heavy (non-hydrogen) atoms. The van der Waals surface area contributed by atoms with Crippen LogP contribution in [0, 0.1) is 0 Å². The second kappa shape index (κ2) is 4.41. The second-order valence-corrected chi connectivity index (χ2v) is 5.36. The van der Waals surface area contributed by atoms with Gasteiger partial charge in [-0.1, -0.05) is 0 Å². The van der Waals surface area contributed by atoms with Crippen LogP contribution in [-0.4, -0.2) is 23.2 Å². The van der Waals surface area contributed by atoms with Crippen molar-refractivity contribution in [3.63, 3.8) is 0 Å². The fourth-order valence-electron chi connectivity index (χ4n) is 2.24. The summed E-state index contributed by atoms with van der Waals surface area (Å²) in [5.41, 5.74) is 2.43. The monoisotopic (exact) mass is 282 g/mol. The Balaban J connectivity index is 1.86. The van der Waals surface area contributed by atoms with Crippen molar-refractivity contribution in [3.05, 3.63) is 22.2 Å². The standard InChI is InChI=1S/C12H15BrN2O/c13-12-14-10(8-1-2-8)7-11(15-12)9-3-5-16-6-4-9/h7-9H,1-6H2. The van der Waals surface area contributed by atoms with Crippen molar-refractivity contribution in [1.82, 2.24) is 9.97 Å². The minimum atomic E-state index is 0.561. The first-order valence-corrected chi connectivity index (χ1v) is 6.74. The van der Waals surface area contributed by atoms with Crippen LogP contribution in [0.4, 0.5) is 0 Å². The van der Waals surface area contributed by atoms with Gasteiger partial charge >= 0.3 is 0 Å². The molecule has 1 aliphatic heterocycles. The van der Waals surface area contributed by atoms with Crippen LogP contribution < -0.4 is 0 Å². The SMILES string of the molecule is Brc1nc(C2CCOCC2)cc(C2CC2)n1. The summed E-state index contributed by atoms with van der Waals surface area (Å²) >= 11 is 3.42. The van der Waals surface area contributed by atoms with Crippen LogP contribution in [0.1, 0.15) is 48.9 Å². The topological polar surface area (TPSA) is 35.0 Å². The molecule has 0 aromatic carbocycles. The predicted molar refractivity (Wildman–Crippen MR) is 64.5 cm³/mol. The van der Waals surface area contributed by atoms with Crippen LogP contribution in [0.15, 0.2) is 10.8 Å². The van der Waals surface area contributed by atoms with Gasteiger partial charge in [0.2, 0.25) is 0 Å². The van der Waals surface area contributed by atoms with E-state index in [-0.39, 0.29) is 0 Å². The van der Waals surface area contributed by atoms with E-state index in [1.54, 1.807) is 0 Å². The Morgan fingerprint density at radius 2 is 1.56 bits per heavy atom. The number of aromatic nitrogens is 2. The Hall–Kier alpha value is -0.480. The van der Waals surface area contributed by atoms with Crippen LogP contribution in [0.2, 0.25) is 0 Å². The lowest BCUT2D eigenvalue weighted by molar-refractivity contribution is 0.0844. The molecule has 0 N–H and O–H groups in total. The zero-order chi connectivity index (χ0) is 11.0. The molecule has 1 saturated heterocycles. The highest BCUT2D eigenvalue weighted by Gasteiger charge is 2.27. The van der Waals surface area contributed by atoms with Crippen LogP contribution in [-0.2, 0) is 4.74 Å². The van der Waals surface area contributed by atoms with E-state index >= 15 is 0 Å². The number of hydrogen-bond acceptors (Lipinski definition) is 3. The first kappa shape index (κ1) is 10.7. The molecule has 4 heteroatoms. The van der Waals surface area contributed by atoms with Gasteiger partial charge in [-0.05, 0) is 47.7 Å². The van der Waals surface area contributed by atoms with Gasteiger partial charge in [0.05, 0.1) is 0 Å². The highest BCUT2D eigenvalue weighted by molar-refractivity contribution is 9.10. The van der Waals surface area contributed by atoms with Gasteiger partial charge in [0.1, 0.15) is 0 Å². The molecule has 1 aromatic heterocycles. The Bertz CT molecular complexity index is 387.